The molecule has 1 unspecified atom stereocenters. The van der Waals surface area contributed by atoms with Gasteiger partial charge in [0.1, 0.15) is 11.5 Å². The molecule has 1 aromatic heterocycles. The largest absolute Gasteiger partial charge is 0.375 e. The molecule has 2 rings (SSSR count). The molecule has 2 heterocycles. The van der Waals surface area contributed by atoms with E-state index >= 15 is 0 Å². The highest BCUT2D eigenvalue weighted by Crippen LogP contribution is 2.12. The summed E-state index contributed by atoms with van der Waals surface area (Å²) in [4.78, 5) is 22.3. The molecule has 1 aliphatic rings. The number of ether oxygens (including phenoxy) is 1. The van der Waals surface area contributed by atoms with Gasteiger partial charge >= 0.3 is 0 Å². The Morgan fingerprint density at radius 3 is 3.17 bits per heavy atom. The van der Waals surface area contributed by atoms with Crippen LogP contribution in [-0.2, 0) is 4.74 Å². The van der Waals surface area contributed by atoms with Crippen LogP contribution in [0, 0.1) is 0 Å². The van der Waals surface area contributed by atoms with Crippen molar-refractivity contribution in [1.29, 1.82) is 0 Å². The van der Waals surface area contributed by atoms with Gasteiger partial charge in [-0.1, -0.05) is 6.92 Å². The Morgan fingerprint density at radius 1 is 1.61 bits per heavy atom. The predicted octanol–water partition coefficient (Wildman–Crippen LogP) is 0.769. The zero-order valence-electron chi connectivity index (χ0n) is 10.7. The molecule has 0 radical (unpaired) electrons. The predicted molar refractivity (Wildman–Crippen MR) is 67.5 cm³/mol. The second kappa shape index (κ2) is 5.77. The summed E-state index contributed by atoms with van der Waals surface area (Å²) in [5.41, 5.74) is 0.374. The number of carbonyl (C=O) groups excluding carboxylic acids is 1. The minimum Gasteiger partial charge on any atom is -0.375 e. The Kier molecular flexibility index (Phi) is 4.09. The molecule has 1 atom stereocenters. The summed E-state index contributed by atoms with van der Waals surface area (Å²) in [5, 5.41) is 2.88. The maximum Gasteiger partial charge on any atom is 0.274 e. The van der Waals surface area contributed by atoms with Crippen LogP contribution in [0.15, 0.2) is 12.4 Å². The zero-order chi connectivity index (χ0) is 13.0. The van der Waals surface area contributed by atoms with Crippen molar-refractivity contribution < 1.29 is 9.53 Å². The van der Waals surface area contributed by atoms with E-state index in [-0.39, 0.29) is 12.0 Å². The van der Waals surface area contributed by atoms with Crippen LogP contribution in [0.4, 0.5) is 5.82 Å². The Bertz CT molecular complexity index is 424. The van der Waals surface area contributed by atoms with Crippen molar-refractivity contribution in [2.75, 3.05) is 32.1 Å². The van der Waals surface area contributed by atoms with Gasteiger partial charge in [0.25, 0.3) is 5.91 Å². The van der Waals surface area contributed by atoms with Crippen molar-refractivity contribution in [3.63, 3.8) is 0 Å². The molecular formula is C12H18N4O2. The molecule has 6 heteroatoms. The van der Waals surface area contributed by atoms with Crippen LogP contribution in [0.25, 0.3) is 0 Å². The quantitative estimate of drug-likeness (QED) is 0.858. The lowest BCUT2D eigenvalue weighted by Gasteiger charge is -2.32. The van der Waals surface area contributed by atoms with Gasteiger partial charge in [0.15, 0.2) is 0 Å². The summed E-state index contributed by atoms with van der Waals surface area (Å²) in [5.74, 6) is 0.516. The Balaban J connectivity index is 2.10. The Morgan fingerprint density at radius 2 is 2.44 bits per heavy atom. The average molecular weight is 250 g/mol. The molecule has 1 amide bonds. The molecule has 0 bridgehead atoms. The fourth-order valence-corrected chi connectivity index (χ4v) is 1.90. The summed E-state index contributed by atoms with van der Waals surface area (Å²) in [6.07, 6.45) is 4.12. The number of nitrogens with zero attached hydrogens (tertiary/aromatic N) is 3. The van der Waals surface area contributed by atoms with Crippen LogP contribution in [0.3, 0.4) is 0 Å². The molecule has 1 saturated heterocycles. The topological polar surface area (TPSA) is 67.4 Å². The van der Waals surface area contributed by atoms with Crippen LogP contribution in [0.5, 0.6) is 0 Å². The molecular weight excluding hydrogens is 232 g/mol. The summed E-state index contributed by atoms with van der Waals surface area (Å²) in [6, 6.07) is 0. The lowest BCUT2D eigenvalue weighted by atomic mass is 10.2. The summed E-state index contributed by atoms with van der Waals surface area (Å²) in [7, 11) is 1.75. The molecule has 18 heavy (non-hydrogen) atoms. The van der Waals surface area contributed by atoms with E-state index in [4.69, 9.17) is 4.74 Å². The van der Waals surface area contributed by atoms with E-state index in [1.807, 2.05) is 0 Å². The van der Waals surface area contributed by atoms with Crippen LogP contribution >= 0.6 is 0 Å². The molecule has 1 N–H and O–H groups in total. The monoisotopic (exact) mass is 250 g/mol. The highest BCUT2D eigenvalue weighted by Gasteiger charge is 2.24. The van der Waals surface area contributed by atoms with Gasteiger partial charge in [0, 0.05) is 20.1 Å². The van der Waals surface area contributed by atoms with Crippen molar-refractivity contribution in [3.05, 3.63) is 18.1 Å². The van der Waals surface area contributed by atoms with Gasteiger partial charge in [-0.2, -0.15) is 0 Å². The van der Waals surface area contributed by atoms with E-state index < -0.39 is 0 Å². The number of hydrogen-bond acceptors (Lipinski definition) is 5. The Hall–Kier alpha value is -1.69. The molecule has 0 aliphatic carbocycles. The lowest BCUT2D eigenvalue weighted by Crippen LogP contribution is -2.45. The minimum absolute atomic E-state index is 0.0821. The number of amides is 1. The number of nitrogens with one attached hydrogen (secondary N) is 1. The molecule has 0 spiro atoms. The molecule has 98 valence electrons. The van der Waals surface area contributed by atoms with E-state index in [1.165, 1.54) is 6.20 Å². The summed E-state index contributed by atoms with van der Waals surface area (Å²) in [6.45, 7) is 3.88. The Labute approximate surface area is 106 Å². The first-order valence-corrected chi connectivity index (χ1v) is 6.15. The summed E-state index contributed by atoms with van der Waals surface area (Å²) >= 11 is 0. The number of aromatic nitrogens is 2. The minimum atomic E-state index is -0.0821. The van der Waals surface area contributed by atoms with Gasteiger partial charge in [0.2, 0.25) is 0 Å². The highest BCUT2D eigenvalue weighted by molar-refractivity contribution is 5.92. The third kappa shape index (κ3) is 2.76. The van der Waals surface area contributed by atoms with Gasteiger partial charge in [0.05, 0.1) is 25.1 Å². The first kappa shape index (κ1) is 12.8. The fourth-order valence-electron chi connectivity index (χ4n) is 1.90. The van der Waals surface area contributed by atoms with Crippen molar-refractivity contribution in [1.82, 2.24) is 14.9 Å². The van der Waals surface area contributed by atoms with E-state index in [2.05, 4.69) is 22.2 Å². The number of hydrogen-bond donors (Lipinski definition) is 1. The maximum atomic E-state index is 12.3. The average Bonchev–Trinajstić information content (AvgIpc) is 2.46. The highest BCUT2D eigenvalue weighted by atomic mass is 16.5. The van der Waals surface area contributed by atoms with Crippen LogP contribution < -0.4 is 5.32 Å². The van der Waals surface area contributed by atoms with Crippen molar-refractivity contribution in [2.24, 2.45) is 0 Å². The first-order valence-electron chi connectivity index (χ1n) is 6.15. The van der Waals surface area contributed by atoms with Crippen molar-refractivity contribution in [2.45, 2.75) is 19.4 Å². The van der Waals surface area contributed by atoms with Crippen molar-refractivity contribution >= 4 is 11.7 Å². The number of carbonyl (C=O) groups is 1. The maximum absolute atomic E-state index is 12.3. The fraction of sp³-hybridized carbons (Fsp3) is 0.583. The smallest absolute Gasteiger partial charge is 0.274 e. The number of morpholine rings is 1. The third-order valence-corrected chi connectivity index (χ3v) is 2.99. The summed E-state index contributed by atoms with van der Waals surface area (Å²) < 4.78 is 5.55. The van der Waals surface area contributed by atoms with Gasteiger partial charge in [-0.05, 0) is 6.42 Å². The zero-order valence-corrected chi connectivity index (χ0v) is 10.7. The number of rotatable bonds is 3. The SMILES string of the molecule is CCC1CN(C(=O)c2cncc(NC)n2)CCO1. The molecule has 1 fully saturated rings. The standard InChI is InChI=1S/C12H18N4O2/c1-3-9-8-16(4-5-18-9)12(17)10-6-14-7-11(13-2)15-10/h6-7,9H,3-5,8H2,1-2H3,(H,13,15). The van der Waals surface area contributed by atoms with Crippen molar-refractivity contribution in [3.8, 4) is 0 Å². The van der Waals surface area contributed by atoms with Crippen LogP contribution in [0.2, 0.25) is 0 Å². The number of anilines is 1. The third-order valence-electron chi connectivity index (χ3n) is 2.99. The van der Waals surface area contributed by atoms with Gasteiger partial charge in [-0.15, -0.1) is 0 Å². The second-order valence-electron chi connectivity index (χ2n) is 4.19. The molecule has 6 nitrogen and oxygen atoms in total. The van der Waals surface area contributed by atoms with Crippen LogP contribution in [-0.4, -0.2) is 53.6 Å². The van der Waals surface area contributed by atoms with E-state index in [0.717, 1.165) is 6.42 Å². The van der Waals surface area contributed by atoms with E-state index in [1.54, 1.807) is 18.1 Å². The normalized spacial score (nSPS) is 19.7. The second-order valence-corrected chi connectivity index (χ2v) is 4.19. The molecule has 1 aliphatic heterocycles. The molecule has 0 saturated carbocycles. The van der Waals surface area contributed by atoms with Gasteiger partial charge < -0.3 is 15.0 Å². The molecule has 1 aromatic rings. The van der Waals surface area contributed by atoms with E-state index in [9.17, 15) is 4.79 Å². The van der Waals surface area contributed by atoms with Crippen LogP contribution in [0.1, 0.15) is 23.8 Å². The van der Waals surface area contributed by atoms with Gasteiger partial charge in [-0.3, -0.25) is 9.78 Å². The molecule has 0 aromatic carbocycles. The lowest BCUT2D eigenvalue weighted by molar-refractivity contribution is -0.0228. The first-order chi connectivity index (χ1) is 8.74. The van der Waals surface area contributed by atoms with E-state index in [0.29, 0.717) is 31.2 Å². The van der Waals surface area contributed by atoms with Gasteiger partial charge in [-0.25, -0.2) is 4.98 Å².